The number of fused-ring (bicyclic) bond motifs is 1. The molecule has 0 radical (unpaired) electrons. The molecule has 0 bridgehead atoms. The van der Waals surface area contributed by atoms with E-state index in [1.807, 2.05) is 0 Å². The lowest BCUT2D eigenvalue weighted by Crippen LogP contribution is -2.50. The number of carbonyl (C=O) groups excluding carboxylic acids is 1. The van der Waals surface area contributed by atoms with Gasteiger partial charge in [0, 0.05) is 0 Å². The van der Waals surface area contributed by atoms with Crippen LogP contribution in [0.15, 0.2) is 11.6 Å². The molecule has 2 heteroatoms. The summed E-state index contributed by atoms with van der Waals surface area (Å²) < 4.78 is 5.06. The molecule has 0 aromatic carbocycles. The minimum Gasteiger partial charge on any atom is -0.469 e. The van der Waals surface area contributed by atoms with E-state index >= 15 is 0 Å². The van der Waals surface area contributed by atoms with Gasteiger partial charge in [-0.2, -0.15) is 0 Å². The maximum Gasteiger partial charge on any atom is 0.313 e. The predicted molar refractivity (Wildman–Crippen MR) is 73.1 cm³/mol. The number of allylic oxidation sites excluding steroid dienone is 1. The quantitative estimate of drug-likeness (QED) is 0.520. The van der Waals surface area contributed by atoms with E-state index in [2.05, 4.69) is 33.8 Å². The third-order valence-electron chi connectivity index (χ3n) is 5.50. The Morgan fingerprint density at radius 1 is 1.33 bits per heavy atom. The highest BCUT2D eigenvalue weighted by Crippen LogP contribution is 2.59. The van der Waals surface area contributed by atoms with Crippen LogP contribution in [-0.4, -0.2) is 13.1 Å². The van der Waals surface area contributed by atoms with Crippen molar-refractivity contribution in [2.45, 2.75) is 53.4 Å². The van der Waals surface area contributed by atoms with E-state index in [1.54, 1.807) is 0 Å². The maximum absolute atomic E-state index is 12.2. The number of ether oxygens (including phenoxy) is 1. The van der Waals surface area contributed by atoms with Gasteiger partial charge < -0.3 is 4.74 Å². The second-order valence-corrected chi connectivity index (χ2v) is 7.04. The first-order valence-corrected chi connectivity index (χ1v) is 7.07. The van der Waals surface area contributed by atoms with E-state index in [0.29, 0.717) is 11.3 Å². The van der Waals surface area contributed by atoms with Crippen molar-refractivity contribution in [3.05, 3.63) is 11.6 Å². The largest absolute Gasteiger partial charge is 0.469 e. The van der Waals surface area contributed by atoms with Crippen molar-refractivity contribution in [3.8, 4) is 0 Å². The van der Waals surface area contributed by atoms with E-state index in [9.17, 15) is 4.79 Å². The van der Waals surface area contributed by atoms with Gasteiger partial charge in [0.2, 0.25) is 0 Å². The summed E-state index contributed by atoms with van der Waals surface area (Å²) in [5.41, 5.74) is 1.61. The second-order valence-electron chi connectivity index (χ2n) is 7.04. The van der Waals surface area contributed by atoms with Crippen LogP contribution >= 0.6 is 0 Å². The van der Waals surface area contributed by atoms with Gasteiger partial charge in [-0.1, -0.05) is 38.8 Å². The molecule has 0 heterocycles. The van der Waals surface area contributed by atoms with Gasteiger partial charge in [0.15, 0.2) is 0 Å². The van der Waals surface area contributed by atoms with Gasteiger partial charge in [-0.15, -0.1) is 0 Å². The molecule has 2 nitrogen and oxygen atoms in total. The summed E-state index contributed by atoms with van der Waals surface area (Å²) in [7, 11) is 1.51. The summed E-state index contributed by atoms with van der Waals surface area (Å²) >= 11 is 0. The van der Waals surface area contributed by atoms with Crippen LogP contribution in [0.2, 0.25) is 0 Å². The summed E-state index contributed by atoms with van der Waals surface area (Å²) in [6.45, 7) is 9.11. The number of rotatable bonds is 1. The Hall–Kier alpha value is -0.790. The van der Waals surface area contributed by atoms with Gasteiger partial charge >= 0.3 is 5.97 Å². The fraction of sp³-hybridized carbons (Fsp3) is 0.812. The van der Waals surface area contributed by atoms with Gasteiger partial charge in [0.25, 0.3) is 0 Å². The fourth-order valence-corrected chi connectivity index (χ4v) is 4.61. The molecule has 102 valence electrons. The Labute approximate surface area is 111 Å². The van der Waals surface area contributed by atoms with Crippen molar-refractivity contribution < 1.29 is 9.53 Å². The second kappa shape index (κ2) is 4.40. The molecule has 0 aromatic heterocycles. The first-order chi connectivity index (χ1) is 8.33. The summed E-state index contributed by atoms with van der Waals surface area (Å²) in [4.78, 5) is 12.2. The first-order valence-electron chi connectivity index (χ1n) is 7.07. The standard InChI is InChI=1S/C16H26O2/c1-11-7-8-12-15(2,3)9-6-10-16(12,4)13(11)14(17)18-5/h7,12-13H,6,8-10H2,1-5H3. The Morgan fingerprint density at radius 3 is 2.61 bits per heavy atom. The Morgan fingerprint density at radius 2 is 2.00 bits per heavy atom. The minimum atomic E-state index is -0.0475. The highest BCUT2D eigenvalue weighted by Gasteiger charge is 2.54. The fourth-order valence-electron chi connectivity index (χ4n) is 4.61. The molecule has 0 N–H and O–H groups in total. The molecule has 0 aliphatic heterocycles. The number of hydrogen-bond acceptors (Lipinski definition) is 2. The molecule has 2 aliphatic rings. The van der Waals surface area contributed by atoms with Gasteiger partial charge in [-0.3, -0.25) is 4.79 Å². The molecule has 1 saturated carbocycles. The van der Waals surface area contributed by atoms with E-state index in [1.165, 1.54) is 25.5 Å². The van der Waals surface area contributed by atoms with Crippen molar-refractivity contribution in [2.24, 2.45) is 22.7 Å². The van der Waals surface area contributed by atoms with Gasteiger partial charge in [0.05, 0.1) is 13.0 Å². The average Bonchev–Trinajstić information content (AvgIpc) is 2.26. The molecule has 3 unspecified atom stereocenters. The lowest BCUT2D eigenvalue weighted by Gasteiger charge is -2.55. The van der Waals surface area contributed by atoms with Crippen LogP contribution in [0.5, 0.6) is 0 Å². The van der Waals surface area contributed by atoms with E-state index in [-0.39, 0.29) is 17.3 Å². The van der Waals surface area contributed by atoms with E-state index < -0.39 is 0 Å². The highest BCUT2D eigenvalue weighted by atomic mass is 16.5. The Kier molecular flexibility index (Phi) is 3.33. The third kappa shape index (κ3) is 1.90. The summed E-state index contributed by atoms with van der Waals surface area (Å²) in [5, 5.41) is 0. The molecule has 0 saturated heterocycles. The maximum atomic E-state index is 12.2. The average molecular weight is 250 g/mol. The predicted octanol–water partition coefficient (Wildman–Crippen LogP) is 3.96. The van der Waals surface area contributed by atoms with Crippen molar-refractivity contribution in [1.82, 2.24) is 0 Å². The molecule has 2 rings (SSSR count). The van der Waals surface area contributed by atoms with Gasteiger partial charge in [-0.05, 0) is 42.9 Å². The molecule has 0 aromatic rings. The lowest BCUT2D eigenvalue weighted by atomic mass is 9.49. The summed E-state index contributed by atoms with van der Waals surface area (Å²) in [5.74, 6) is 0.501. The Balaban J connectivity index is 2.44. The first kappa shape index (κ1) is 13.6. The monoisotopic (exact) mass is 250 g/mol. The van der Waals surface area contributed by atoms with Crippen LogP contribution in [0, 0.1) is 22.7 Å². The Bertz CT molecular complexity index is 381. The molecule has 18 heavy (non-hydrogen) atoms. The van der Waals surface area contributed by atoms with Crippen LogP contribution in [0.4, 0.5) is 0 Å². The van der Waals surface area contributed by atoms with Crippen molar-refractivity contribution in [1.29, 1.82) is 0 Å². The zero-order valence-corrected chi connectivity index (χ0v) is 12.4. The molecular formula is C16H26O2. The SMILES string of the molecule is COC(=O)C1C(C)=CCC2C(C)(C)CCCC12C. The number of carbonyl (C=O) groups is 1. The van der Waals surface area contributed by atoms with Crippen LogP contribution < -0.4 is 0 Å². The third-order valence-corrected chi connectivity index (χ3v) is 5.50. The lowest BCUT2D eigenvalue weighted by molar-refractivity contribution is -0.154. The molecule has 2 aliphatic carbocycles. The van der Waals surface area contributed by atoms with E-state index in [0.717, 1.165) is 12.8 Å². The summed E-state index contributed by atoms with van der Waals surface area (Å²) in [6.07, 6.45) is 7.02. The molecule has 1 fully saturated rings. The topological polar surface area (TPSA) is 26.3 Å². The zero-order valence-electron chi connectivity index (χ0n) is 12.4. The van der Waals surface area contributed by atoms with Crippen molar-refractivity contribution in [2.75, 3.05) is 7.11 Å². The van der Waals surface area contributed by atoms with Crippen LogP contribution in [0.3, 0.4) is 0 Å². The number of esters is 1. The van der Waals surface area contributed by atoms with Gasteiger partial charge in [-0.25, -0.2) is 0 Å². The smallest absolute Gasteiger partial charge is 0.313 e. The molecule has 3 atom stereocenters. The normalized spacial score (nSPS) is 38.6. The summed E-state index contributed by atoms with van der Waals surface area (Å²) in [6, 6.07) is 0. The van der Waals surface area contributed by atoms with Crippen LogP contribution in [-0.2, 0) is 9.53 Å². The number of hydrogen-bond donors (Lipinski definition) is 0. The van der Waals surface area contributed by atoms with Crippen LogP contribution in [0.1, 0.15) is 53.4 Å². The highest BCUT2D eigenvalue weighted by molar-refractivity contribution is 5.77. The minimum absolute atomic E-state index is 0.0409. The van der Waals surface area contributed by atoms with Crippen molar-refractivity contribution in [3.63, 3.8) is 0 Å². The molecule has 0 spiro atoms. The van der Waals surface area contributed by atoms with Crippen molar-refractivity contribution >= 4 is 5.97 Å². The molecular weight excluding hydrogens is 224 g/mol. The van der Waals surface area contributed by atoms with Crippen LogP contribution in [0.25, 0.3) is 0 Å². The number of methoxy groups -OCH3 is 1. The zero-order chi connectivity index (χ0) is 13.6. The van der Waals surface area contributed by atoms with E-state index in [4.69, 9.17) is 4.74 Å². The molecule has 0 amide bonds. The van der Waals surface area contributed by atoms with Gasteiger partial charge in [0.1, 0.15) is 0 Å².